The van der Waals surface area contributed by atoms with E-state index < -0.39 is 15.7 Å². The highest BCUT2D eigenvalue weighted by atomic mass is 35.5. The first-order chi connectivity index (χ1) is 9.33. The Hall–Kier alpha value is -1.59. The van der Waals surface area contributed by atoms with Crippen LogP contribution in [0.4, 0.5) is 10.1 Å². The molecule has 2 aromatic rings. The molecular weight excluding hydrogens is 301 g/mol. The number of hydrogen-bond acceptors (Lipinski definition) is 3. The highest BCUT2D eigenvalue weighted by Gasteiger charge is 2.20. The zero-order valence-electron chi connectivity index (χ0n) is 10.7. The van der Waals surface area contributed by atoms with Gasteiger partial charge in [-0.25, -0.2) is 12.8 Å². The summed E-state index contributed by atoms with van der Waals surface area (Å²) in [6, 6.07) is 8.78. The average Bonchev–Trinajstić information content (AvgIpc) is 2.38. The van der Waals surface area contributed by atoms with Crippen molar-refractivity contribution >= 4 is 27.1 Å². The molecule has 0 spiro atoms. The van der Waals surface area contributed by atoms with Crippen LogP contribution in [0.25, 0.3) is 0 Å². The van der Waals surface area contributed by atoms with Crippen molar-refractivity contribution in [3.63, 3.8) is 0 Å². The molecule has 0 atom stereocenters. The molecule has 0 aliphatic carbocycles. The van der Waals surface area contributed by atoms with E-state index in [1.807, 2.05) is 0 Å². The lowest BCUT2D eigenvalue weighted by Gasteiger charge is -2.10. The lowest BCUT2D eigenvalue weighted by atomic mass is 10.2. The predicted octanol–water partition coefficient (Wildman–Crippen LogP) is 3.34. The minimum Gasteiger partial charge on any atom is -0.398 e. The summed E-state index contributed by atoms with van der Waals surface area (Å²) < 4.78 is 38.2. The predicted molar refractivity (Wildman–Crippen MR) is 77.9 cm³/mol. The van der Waals surface area contributed by atoms with Crippen molar-refractivity contribution in [1.29, 1.82) is 0 Å². The zero-order valence-corrected chi connectivity index (χ0v) is 12.3. The van der Waals surface area contributed by atoms with E-state index in [4.69, 9.17) is 17.3 Å². The van der Waals surface area contributed by atoms with Gasteiger partial charge in [0.1, 0.15) is 5.82 Å². The monoisotopic (exact) mass is 313 g/mol. The van der Waals surface area contributed by atoms with Crippen LogP contribution in [0.15, 0.2) is 41.3 Å². The summed E-state index contributed by atoms with van der Waals surface area (Å²) in [4.78, 5) is 0.137. The number of nitrogens with two attached hydrogens (primary N) is 1. The van der Waals surface area contributed by atoms with Crippen LogP contribution in [0.2, 0.25) is 5.02 Å². The fourth-order valence-electron chi connectivity index (χ4n) is 1.91. The van der Waals surface area contributed by atoms with E-state index in [2.05, 4.69) is 0 Å². The molecule has 0 unspecified atom stereocenters. The Bertz CT molecular complexity index is 760. The van der Waals surface area contributed by atoms with Crippen molar-refractivity contribution in [3.05, 3.63) is 58.4 Å². The Morgan fingerprint density at radius 2 is 1.85 bits per heavy atom. The van der Waals surface area contributed by atoms with Gasteiger partial charge in [0, 0.05) is 5.69 Å². The molecule has 0 aliphatic heterocycles. The number of halogens is 2. The minimum absolute atomic E-state index is 0.137. The summed E-state index contributed by atoms with van der Waals surface area (Å²) in [5.74, 6) is -1.00. The van der Waals surface area contributed by atoms with E-state index >= 15 is 0 Å². The smallest absolute Gasteiger partial charge is 0.182 e. The van der Waals surface area contributed by atoms with Crippen molar-refractivity contribution in [2.45, 2.75) is 17.6 Å². The van der Waals surface area contributed by atoms with Crippen molar-refractivity contribution in [2.24, 2.45) is 0 Å². The number of sulfone groups is 1. The molecule has 106 valence electrons. The second-order valence-corrected chi connectivity index (χ2v) is 6.78. The fourth-order valence-corrected chi connectivity index (χ4v) is 3.86. The van der Waals surface area contributed by atoms with Gasteiger partial charge in [-0.3, -0.25) is 0 Å². The fraction of sp³-hybridized carbons (Fsp3) is 0.143. The van der Waals surface area contributed by atoms with Gasteiger partial charge in [-0.2, -0.15) is 0 Å². The first-order valence-electron chi connectivity index (χ1n) is 5.83. The molecule has 0 amide bonds. The van der Waals surface area contributed by atoms with Crippen molar-refractivity contribution in [2.75, 3.05) is 5.73 Å². The number of nitrogen functional groups attached to an aromatic ring is 1. The maximum atomic E-state index is 13.4. The summed E-state index contributed by atoms with van der Waals surface area (Å²) in [5, 5.41) is -0.169. The Morgan fingerprint density at radius 3 is 2.55 bits per heavy atom. The Kier molecular flexibility index (Phi) is 4.01. The second-order valence-electron chi connectivity index (χ2n) is 4.44. The molecule has 2 N–H and O–H groups in total. The van der Waals surface area contributed by atoms with E-state index in [0.29, 0.717) is 11.3 Å². The summed E-state index contributed by atoms with van der Waals surface area (Å²) in [6.45, 7) is 1.63. The average molecular weight is 314 g/mol. The van der Waals surface area contributed by atoms with E-state index in [1.54, 1.807) is 19.1 Å². The second kappa shape index (κ2) is 5.42. The van der Waals surface area contributed by atoms with Gasteiger partial charge in [0.15, 0.2) is 9.84 Å². The van der Waals surface area contributed by atoms with E-state index in [-0.39, 0.29) is 21.2 Å². The van der Waals surface area contributed by atoms with Crippen LogP contribution < -0.4 is 5.73 Å². The van der Waals surface area contributed by atoms with Crippen molar-refractivity contribution < 1.29 is 12.8 Å². The van der Waals surface area contributed by atoms with Crippen LogP contribution in [0.3, 0.4) is 0 Å². The largest absolute Gasteiger partial charge is 0.398 e. The summed E-state index contributed by atoms with van der Waals surface area (Å²) in [6.07, 6.45) is 0. The summed E-state index contributed by atoms with van der Waals surface area (Å²) >= 11 is 5.79. The normalized spacial score (nSPS) is 11.6. The Balaban J connectivity index is 2.47. The lowest BCUT2D eigenvalue weighted by molar-refractivity contribution is 0.594. The lowest BCUT2D eigenvalue weighted by Crippen LogP contribution is -2.08. The molecule has 0 radical (unpaired) electrons. The van der Waals surface area contributed by atoms with Gasteiger partial charge in [-0.05, 0) is 36.2 Å². The number of anilines is 1. The number of benzene rings is 2. The molecular formula is C14H13ClFNO2S. The molecule has 20 heavy (non-hydrogen) atoms. The standard InChI is InChI=1S/C14H13ClFNO2S/c1-9-12(17)6-3-7-13(9)20(18,19)8-10-4-2-5-11(16)14(10)15/h2-7H,8,17H2,1H3. The first-order valence-corrected chi connectivity index (χ1v) is 7.86. The maximum Gasteiger partial charge on any atom is 0.182 e. The van der Waals surface area contributed by atoms with Gasteiger partial charge >= 0.3 is 0 Å². The van der Waals surface area contributed by atoms with Crippen LogP contribution in [-0.2, 0) is 15.6 Å². The summed E-state index contributed by atoms with van der Waals surface area (Å²) in [5.41, 5.74) is 6.83. The molecule has 0 saturated carbocycles. The van der Waals surface area contributed by atoms with Gasteiger partial charge in [0.25, 0.3) is 0 Å². The van der Waals surface area contributed by atoms with Gasteiger partial charge in [-0.15, -0.1) is 0 Å². The van der Waals surface area contributed by atoms with Crippen LogP contribution >= 0.6 is 11.6 Å². The van der Waals surface area contributed by atoms with Crippen LogP contribution in [-0.4, -0.2) is 8.42 Å². The van der Waals surface area contributed by atoms with E-state index in [1.165, 1.54) is 24.3 Å². The third-order valence-electron chi connectivity index (χ3n) is 3.04. The van der Waals surface area contributed by atoms with Gasteiger partial charge in [0.2, 0.25) is 0 Å². The highest BCUT2D eigenvalue weighted by Crippen LogP contribution is 2.27. The number of hydrogen-bond donors (Lipinski definition) is 1. The Morgan fingerprint density at radius 1 is 1.20 bits per heavy atom. The third-order valence-corrected chi connectivity index (χ3v) is 5.26. The molecule has 0 heterocycles. The molecule has 3 nitrogen and oxygen atoms in total. The zero-order chi connectivity index (χ0) is 14.9. The molecule has 0 aromatic heterocycles. The quantitative estimate of drug-likeness (QED) is 0.884. The van der Waals surface area contributed by atoms with Crippen LogP contribution in [0.1, 0.15) is 11.1 Å². The van der Waals surface area contributed by atoms with Gasteiger partial charge in [-0.1, -0.05) is 29.8 Å². The highest BCUT2D eigenvalue weighted by molar-refractivity contribution is 7.90. The summed E-state index contributed by atoms with van der Waals surface area (Å²) in [7, 11) is -3.64. The molecule has 2 rings (SSSR count). The van der Waals surface area contributed by atoms with Gasteiger partial charge < -0.3 is 5.73 Å². The van der Waals surface area contributed by atoms with Crippen molar-refractivity contribution in [3.8, 4) is 0 Å². The Labute approximate surface area is 122 Å². The molecule has 0 aliphatic rings. The van der Waals surface area contributed by atoms with E-state index in [0.717, 1.165) is 0 Å². The SMILES string of the molecule is Cc1c(N)cccc1S(=O)(=O)Cc1cccc(F)c1Cl. The van der Waals surface area contributed by atoms with E-state index in [9.17, 15) is 12.8 Å². The molecule has 0 bridgehead atoms. The maximum absolute atomic E-state index is 13.4. The number of rotatable bonds is 3. The molecule has 0 fully saturated rings. The minimum atomic E-state index is -3.64. The third kappa shape index (κ3) is 2.78. The van der Waals surface area contributed by atoms with Crippen LogP contribution in [0, 0.1) is 12.7 Å². The van der Waals surface area contributed by atoms with Crippen molar-refractivity contribution in [1.82, 2.24) is 0 Å². The first kappa shape index (κ1) is 14.8. The molecule has 2 aromatic carbocycles. The molecule has 0 saturated heterocycles. The van der Waals surface area contributed by atoms with Gasteiger partial charge in [0.05, 0.1) is 15.7 Å². The van der Waals surface area contributed by atoms with Crippen LogP contribution in [0.5, 0.6) is 0 Å². The topological polar surface area (TPSA) is 60.2 Å². The molecule has 6 heteroatoms.